The number of aliphatic carboxylic acids is 1. The second kappa shape index (κ2) is 9.56. The maximum absolute atomic E-state index is 13.5. The maximum Gasteiger partial charge on any atom is 0.323 e. The molecular weight excluding hydrogens is 452 g/mol. The lowest BCUT2D eigenvalue weighted by Gasteiger charge is -2.18. The highest BCUT2D eigenvalue weighted by molar-refractivity contribution is 7.89. The van der Waals surface area contributed by atoms with Gasteiger partial charge in [0.1, 0.15) is 6.54 Å². The highest BCUT2D eigenvalue weighted by Gasteiger charge is 2.31. The van der Waals surface area contributed by atoms with Gasteiger partial charge in [0.2, 0.25) is 10.0 Å². The molecule has 0 spiro atoms. The zero-order valence-electron chi connectivity index (χ0n) is 19.3. The second-order valence-electron chi connectivity index (χ2n) is 8.60. The summed E-state index contributed by atoms with van der Waals surface area (Å²) in [4.78, 5) is 25.3. The first-order chi connectivity index (χ1) is 16.2. The fourth-order valence-corrected chi connectivity index (χ4v) is 6.47. The lowest BCUT2D eigenvalue weighted by molar-refractivity contribution is -0.137. The summed E-state index contributed by atoms with van der Waals surface area (Å²) in [5.41, 5.74) is 3.37. The molecule has 1 fully saturated rings. The molecule has 0 unspecified atom stereocenters. The third-order valence-corrected chi connectivity index (χ3v) is 8.49. The van der Waals surface area contributed by atoms with Crippen LogP contribution in [0.25, 0.3) is 0 Å². The molecule has 178 valence electrons. The Balaban J connectivity index is 1.84. The highest BCUT2D eigenvalue weighted by atomic mass is 32.2. The van der Waals surface area contributed by atoms with Crippen molar-refractivity contribution in [2.24, 2.45) is 0 Å². The van der Waals surface area contributed by atoms with Crippen LogP contribution >= 0.6 is 0 Å². The fourth-order valence-electron chi connectivity index (χ4n) is 4.73. The molecule has 1 N–H and O–H groups in total. The third-order valence-electron chi connectivity index (χ3n) is 6.49. The Morgan fingerprint density at radius 1 is 0.912 bits per heavy atom. The largest absolute Gasteiger partial charge is 0.480 e. The van der Waals surface area contributed by atoms with Gasteiger partial charge in [0, 0.05) is 42.0 Å². The minimum absolute atomic E-state index is 0.205. The van der Waals surface area contributed by atoms with Crippen molar-refractivity contribution in [2.75, 3.05) is 13.1 Å². The summed E-state index contributed by atoms with van der Waals surface area (Å²) in [5.74, 6) is -1.22. The van der Waals surface area contributed by atoms with E-state index in [0.717, 1.165) is 12.8 Å². The van der Waals surface area contributed by atoms with E-state index in [0.29, 0.717) is 46.7 Å². The Bertz CT molecular complexity index is 1340. The van der Waals surface area contributed by atoms with Crippen molar-refractivity contribution < 1.29 is 23.1 Å². The Morgan fingerprint density at radius 2 is 1.53 bits per heavy atom. The molecule has 2 heterocycles. The average molecular weight is 481 g/mol. The van der Waals surface area contributed by atoms with Crippen LogP contribution in [0.5, 0.6) is 0 Å². The summed E-state index contributed by atoms with van der Waals surface area (Å²) in [6, 6.07) is 15.7. The van der Waals surface area contributed by atoms with Gasteiger partial charge in [-0.05, 0) is 43.9 Å². The molecule has 0 aliphatic carbocycles. The van der Waals surface area contributed by atoms with Crippen LogP contribution in [0.4, 0.5) is 0 Å². The van der Waals surface area contributed by atoms with Crippen molar-refractivity contribution in [1.29, 1.82) is 0 Å². The molecule has 0 bridgehead atoms. The molecule has 0 radical (unpaired) electrons. The van der Waals surface area contributed by atoms with Crippen molar-refractivity contribution in [3.05, 3.63) is 88.2 Å². The van der Waals surface area contributed by atoms with Gasteiger partial charge in [-0.3, -0.25) is 9.59 Å². The molecule has 1 saturated heterocycles. The molecule has 7 nitrogen and oxygen atoms in total. The van der Waals surface area contributed by atoms with Crippen LogP contribution in [0.15, 0.2) is 59.5 Å². The Morgan fingerprint density at radius 3 is 2.18 bits per heavy atom. The van der Waals surface area contributed by atoms with Crippen molar-refractivity contribution in [3.63, 3.8) is 0 Å². The minimum atomic E-state index is -3.66. The number of hydrogen-bond donors (Lipinski definition) is 1. The number of aromatic nitrogens is 1. The highest BCUT2D eigenvalue weighted by Crippen LogP contribution is 2.31. The number of rotatable bonds is 8. The van der Waals surface area contributed by atoms with Gasteiger partial charge in [-0.1, -0.05) is 48.5 Å². The average Bonchev–Trinajstić information content (AvgIpc) is 3.44. The van der Waals surface area contributed by atoms with Crippen LogP contribution < -0.4 is 0 Å². The first-order valence-corrected chi connectivity index (χ1v) is 12.7. The number of benzene rings is 2. The molecule has 2 aromatic carbocycles. The Hall–Kier alpha value is -3.23. The molecule has 1 aliphatic heterocycles. The predicted molar refractivity (Wildman–Crippen MR) is 129 cm³/mol. The van der Waals surface area contributed by atoms with E-state index in [1.54, 1.807) is 66.9 Å². The lowest BCUT2D eigenvalue weighted by atomic mass is 9.95. The van der Waals surface area contributed by atoms with E-state index in [-0.39, 0.29) is 23.6 Å². The monoisotopic (exact) mass is 480 g/mol. The minimum Gasteiger partial charge on any atom is -0.480 e. The summed E-state index contributed by atoms with van der Waals surface area (Å²) in [5, 5.41) is 9.44. The van der Waals surface area contributed by atoms with Gasteiger partial charge in [0.25, 0.3) is 0 Å². The van der Waals surface area contributed by atoms with E-state index in [9.17, 15) is 23.1 Å². The molecule has 3 aromatic rings. The molecule has 4 rings (SSSR count). The van der Waals surface area contributed by atoms with E-state index in [2.05, 4.69) is 0 Å². The van der Waals surface area contributed by atoms with E-state index in [4.69, 9.17) is 0 Å². The molecule has 1 aromatic heterocycles. The van der Waals surface area contributed by atoms with Crippen LogP contribution in [0.2, 0.25) is 0 Å². The lowest BCUT2D eigenvalue weighted by Crippen LogP contribution is -2.28. The van der Waals surface area contributed by atoms with Gasteiger partial charge in [-0.15, -0.1) is 0 Å². The van der Waals surface area contributed by atoms with E-state index < -0.39 is 16.0 Å². The summed E-state index contributed by atoms with van der Waals surface area (Å²) >= 11 is 0. The maximum atomic E-state index is 13.5. The topological polar surface area (TPSA) is 96.7 Å². The van der Waals surface area contributed by atoms with Crippen LogP contribution in [0, 0.1) is 13.8 Å². The number of carboxylic acids is 1. The number of nitrogens with zero attached hydrogens (tertiary/aromatic N) is 2. The molecule has 0 amide bonds. The summed E-state index contributed by atoms with van der Waals surface area (Å²) in [7, 11) is -3.66. The van der Waals surface area contributed by atoms with Gasteiger partial charge in [-0.2, -0.15) is 4.31 Å². The first kappa shape index (κ1) is 23.9. The molecular formula is C26H28N2O5S. The second-order valence-corrected chi connectivity index (χ2v) is 10.5. The van der Waals surface area contributed by atoms with Crippen LogP contribution in [-0.2, 0) is 27.8 Å². The van der Waals surface area contributed by atoms with Gasteiger partial charge in [0.15, 0.2) is 5.78 Å². The summed E-state index contributed by atoms with van der Waals surface area (Å²) in [6.45, 7) is 4.25. The van der Waals surface area contributed by atoms with Crippen LogP contribution in [0.3, 0.4) is 0 Å². The van der Waals surface area contributed by atoms with Crippen molar-refractivity contribution in [2.45, 2.75) is 44.6 Å². The van der Waals surface area contributed by atoms with Crippen LogP contribution in [-0.4, -0.2) is 47.2 Å². The standard InChI is InChI=1S/C26H28N2O5S/c1-18-22(16-21-12-6-7-13-23(21)34(32,33)27-14-8-9-15-27)25(19(2)28(18)17-24(29)30)26(31)20-10-4-3-5-11-20/h3-7,10-13H,8-9,14-17H2,1-2H3,(H,29,30). The SMILES string of the molecule is Cc1c(Cc2ccccc2S(=O)(=O)N2CCCC2)c(C(=O)c2ccccc2)c(C)n1CC(=O)O. The third kappa shape index (κ3) is 4.43. The zero-order chi connectivity index (χ0) is 24.5. The van der Waals surface area contributed by atoms with E-state index in [1.165, 1.54) is 4.31 Å². The number of ketones is 1. The fraction of sp³-hybridized carbons (Fsp3) is 0.308. The predicted octanol–water partition coefficient (Wildman–Crippen LogP) is 3.80. The van der Waals surface area contributed by atoms with Gasteiger partial charge in [0.05, 0.1) is 4.90 Å². The molecule has 8 heteroatoms. The van der Waals surface area contributed by atoms with E-state index >= 15 is 0 Å². The van der Waals surface area contributed by atoms with E-state index in [1.807, 2.05) is 6.07 Å². The summed E-state index contributed by atoms with van der Waals surface area (Å²) < 4.78 is 29.9. The van der Waals surface area contributed by atoms with Gasteiger partial charge < -0.3 is 9.67 Å². The van der Waals surface area contributed by atoms with Crippen molar-refractivity contribution in [3.8, 4) is 0 Å². The van der Waals surface area contributed by atoms with Crippen LogP contribution in [0.1, 0.15) is 51.3 Å². The van der Waals surface area contributed by atoms with Crippen molar-refractivity contribution >= 4 is 21.8 Å². The molecule has 0 atom stereocenters. The number of carboxylic acid groups (broad SMARTS) is 1. The summed E-state index contributed by atoms with van der Waals surface area (Å²) in [6.07, 6.45) is 1.89. The number of carbonyl (C=O) groups excluding carboxylic acids is 1. The quantitative estimate of drug-likeness (QED) is 0.495. The zero-order valence-corrected chi connectivity index (χ0v) is 20.1. The Kier molecular flexibility index (Phi) is 6.72. The number of sulfonamides is 1. The Labute approximate surface area is 199 Å². The molecule has 1 aliphatic rings. The molecule has 34 heavy (non-hydrogen) atoms. The van der Waals surface area contributed by atoms with Gasteiger partial charge >= 0.3 is 5.97 Å². The molecule has 0 saturated carbocycles. The smallest absolute Gasteiger partial charge is 0.323 e. The number of carbonyl (C=O) groups is 2. The first-order valence-electron chi connectivity index (χ1n) is 11.3. The number of hydrogen-bond acceptors (Lipinski definition) is 4. The van der Waals surface area contributed by atoms with Gasteiger partial charge in [-0.25, -0.2) is 8.42 Å². The van der Waals surface area contributed by atoms with Crippen molar-refractivity contribution in [1.82, 2.24) is 8.87 Å². The normalized spacial score (nSPS) is 14.4.